The third kappa shape index (κ3) is 2.96. The molecule has 0 aliphatic rings. The van der Waals surface area contributed by atoms with Crippen molar-refractivity contribution in [2.24, 2.45) is 5.84 Å². The Morgan fingerprint density at radius 1 is 1.22 bits per heavy atom. The predicted molar refractivity (Wildman–Crippen MR) is 76.9 cm³/mol. The smallest absolute Gasteiger partial charge is 0.0725 e. The molecule has 1 unspecified atom stereocenters. The summed E-state index contributed by atoms with van der Waals surface area (Å²) in [5, 5.41) is 0. The number of benzene rings is 1. The molecule has 3 nitrogen and oxygen atoms in total. The number of nitrogens with two attached hydrogens (primary N) is 1. The molecule has 0 bridgehead atoms. The fourth-order valence-electron chi connectivity index (χ4n) is 1.92. The average molecular weight is 306 g/mol. The molecule has 1 aromatic carbocycles. The Bertz CT molecular complexity index is 511. The van der Waals surface area contributed by atoms with E-state index in [1.807, 2.05) is 12.3 Å². The molecule has 0 amide bonds. The summed E-state index contributed by atoms with van der Waals surface area (Å²) in [6, 6.07) is 10.4. The zero-order chi connectivity index (χ0) is 13.0. The second-order valence-corrected chi connectivity index (χ2v) is 5.05. The van der Waals surface area contributed by atoms with Crippen LogP contribution in [0.2, 0.25) is 0 Å². The molecule has 0 fully saturated rings. The summed E-state index contributed by atoms with van der Waals surface area (Å²) < 4.78 is 0.949. The van der Waals surface area contributed by atoms with Crippen LogP contribution in [0.3, 0.4) is 0 Å². The maximum Gasteiger partial charge on any atom is 0.0725 e. The van der Waals surface area contributed by atoms with Crippen LogP contribution in [0.25, 0.3) is 0 Å². The van der Waals surface area contributed by atoms with Gasteiger partial charge in [-0.2, -0.15) is 0 Å². The number of pyridine rings is 1. The molecule has 0 saturated carbocycles. The van der Waals surface area contributed by atoms with Crippen molar-refractivity contribution in [3.8, 4) is 0 Å². The van der Waals surface area contributed by atoms with E-state index in [1.165, 1.54) is 5.56 Å². The number of hydrogen-bond donors (Lipinski definition) is 2. The van der Waals surface area contributed by atoms with Crippen molar-refractivity contribution in [3.05, 3.63) is 63.9 Å². The minimum atomic E-state index is -0.0408. The lowest BCUT2D eigenvalue weighted by molar-refractivity contribution is 0.634. The van der Waals surface area contributed by atoms with E-state index >= 15 is 0 Å². The van der Waals surface area contributed by atoms with Gasteiger partial charge in [0.25, 0.3) is 0 Å². The molecule has 1 aromatic heterocycles. The summed E-state index contributed by atoms with van der Waals surface area (Å²) >= 11 is 3.42. The molecular weight excluding hydrogens is 290 g/mol. The van der Waals surface area contributed by atoms with E-state index < -0.39 is 0 Å². The van der Waals surface area contributed by atoms with E-state index in [9.17, 15) is 0 Å². The van der Waals surface area contributed by atoms with E-state index in [0.717, 1.165) is 22.0 Å². The first kappa shape index (κ1) is 13.2. The quantitative estimate of drug-likeness (QED) is 0.674. The Morgan fingerprint density at radius 2 is 1.94 bits per heavy atom. The second kappa shape index (κ2) is 6.09. The molecule has 2 rings (SSSR count). The number of halogens is 1. The van der Waals surface area contributed by atoms with Crippen molar-refractivity contribution in [2.75, 3.05) is 0 Å². The van der Waals surface area contributed by atoms with Crippen LogP contribution in [0.5, 0.6) is 0 Å². The first-order valence-corrected chi connectivity index (χ1v) is 6.69. The van der Waals surface area contributed by atoms with Crippen LogP contribution >= 0.6 is 15.9 Å². The largest absolute Gasteiger partial charge is 0.271 e. The normalized spacial score (nSPS) is 12.4. The van der Waals surface area contributed by atoms with Gasteiger partial charge in [0.2, 0.25) is 0 Å². The lowest BCUT2D eigenvalue weighted by Gasteiger charge is -2.17. The van der Waals surface area contributed by atoms with E-state index in [0.29, 0.717) is 0 Å². The van der Waals surface area contributed by atoms with E-state index in [4.69, 9.17) is 5.84 Å². The van der Waals surface area contributed by atoms with E-state index in [1.54, 1.807) is 6.20 Å². The van der Waals surface area contributed by atoms with Gasteiger partial charge in [0.1, 0.15) is 0 Å². The fourth-order valence-corrected chi connectivity index (χ4v) is 2.30. The second-order valence-electron chi connectivity index (χ2n) is 4.13. The maximum absolute atomic E-state index is 5.66. The van der Waals surface area contributed by atoms with Gasteiger partial charge in [0.05, 0.1) is 6.04 Å². The number of nitrogens with one attached hydrogen (secondary N) is 1. The summed E-state index contributed by atoms with van der Waals surface area (Å²) in [5.74, 6) is 5.66. The van der Waals surface area contributed by atoms with Crippen molar-refractivity contribution in [1.29, 1.82) is 0 Å². The van der Waals surface area contributed by atoms with Crippen molar-refractivity contribution < 1.29 is 0 Å². The van der Waals surface area contributed by atoms with Crippen LogP contribution < -0.4 is 11.3 Å². The molecule has 0 aliphatic heterocycles. The molecule has 1 heterocycles. The maximum atomic E-state index is 5.66. The fraction of sp³-hybridized carbons (Fsp3) is 0.214. The molecule has 0 radical (unpaired) electrons. The Morgan fingerprint density at radius 3 is 2.50 bits per heavy atom. The first-order valence-electron chi connectivity index (χ1n) is 5.90. The molecule has 2 aromatic rings. The summed E-state index contributed by atoms with van der Waals surface area (Å²) in [4.78, 5) is 4.17. The van der Waals surface area contributed by atoms with Gasteiger partial charge in [-0.25, -0.2) is 5.43 Å². The monoisotopic (exact) mass is 305 g/mol. The van der Waals surface area contributed by atoms with Crippen molar-refractivity contribution in [1.82, 2.24) is 10.4 Å². The highest BCUT2D eigenvalue weighted by Gasteiger charge is 2.12. The third-order valence-electron chi connectivity index (χ3n) is 2.95. The summed E-state index contributed by atoms with van der Waals surface area (Å²) in [6.45, 7) is 2.14. The van der Waals surface area contributed by atoms with Crippen LogP contribution in [0, 0.1) is 0 Å². The number of hydrogen-bond acceptors (Lipinski definition) is 3. The third-order valence-corrected chi connectivity index (χ3v) is 3.38. The minimum Gasteiger partial charge on any atom is -0.271 e. The van der Waals surface area contributed by atoms with Crippen LogP contribution in [0.1, 0.15) is 29.7 Å². The lowest BCUT2D eigenvalue weighted by atomic mass is 9.99. The Hall–Kier alpha value is -1.23. The van der Waals surface area contributed by atoms with Gasteiger partial charge in [0, 0.05) is 16.9 Å². The van der Waals surface area contributed by atoms with Crippen LogP contribution in [-0.4, -0.2) is 4.98 Å². The molecule has 4 heteroatoms. The Labute approximate surface area is 116 Å². The summed E-state index contributed by atoms with van der Waals surface area (Å²) in [6.07, 6.45) is 4.62. The van der Waals surface area contributed by atoms with Crippen LogP contribution in [0.15, 0.2) is 47.2 Å². The highest BCUT2D eigenvalue weighted by Crippen LogP contribution is 2.23. The topological polar surface area (TPSA) is 50.9 Å². The van der Waals surface area contributed by atoms with Gasteiger partial charge in [-0.3, -0.25) is 10.8 Å². The van der Waals surface area contributed by atoms with Gasteiger partial charge in [-0.05, 0) is 45.1 Å². The van der Waals surface area contributed by atoms with E-state index in [-0.39, 0.29) is 6.04 Å². The summed E-state index contributed by atoms with van der Waals surface area (Å²) in [7, 11) is 0. The average Bonchev–Trinajstić information content (AvgIpc) is 2.40. The SMILES string of the molecule is CCc1ccc(C(NN)c2cncc(Br)c2)cc1. The number of hydrazine groups is 1. The van der Waals surface area contributed by atoms with Crippen molar-refractivity contribution in [3.63, 3.8) is 0 Å². The zero-order valence-electron chi connectivity index (χ0n) is 10.2. The molecule has 3 N–H and O–H groups in total. The molecule has 0 aliphatic carbocycles. The Balaban J connectivity index is 2.32. The molecule has 0 spiro atoms. The zero-order valence-corrected chi connectivity index (χ0v) is 11.8. The standard InChI is InChI=1S/C14H16BrN3/c1-2-10-3-5-11(6-4-10)14(18-16)12-7-13(15)9-17-8-12/h3-9,14,18H,2,16H2,1H3. The highest BCUT2D eigenvalue weighted by atomic mass is 79.9. The molecule has 0 saturated heterocycles. The number of aryl methyl sites for hydroxylation is 1. The minimum absolute atomic E-state index is 0.0408. The first-order chi connectivity index (χ1) is 8.74. The Kier molecular flexibility index (Phi) is 4.47. The van der Waals surface area contributed by atoms with Gasteiger partial charge in [-0.1, -0.05) is 31.2 Å². The summed E-state index contributed by atoms with van der Waals surface area (Å²) in [5.41, 5.74) is 6.33. The van der Waals surface area contributed by atoms with Crippen molar-refractivity contribution >= 4 is 15.9 Å². The van der Waals surface area contributed by atoms with E-state index in [2.05, 4.69) is 57.5 Å². The number of rotatable bonds is 4. The van der Waals surface area contributed by atoms with Crippen LogP contribution in [0.4, 0.5) is 0 Å². The lowest BCUT2D eigenvalue weighted by Crippen LogP contribution is -2.28. The molecule has 1 atom stereocenters. The van der Waals surface area contributed by atoms with Gasteiger partial charge >= 0.3 is 0 Å². The highest BCUT2D eigenvalue weighted by molar-refractivity contribution is 9.10. The van der Waals surface area contributed by atoms with Crippen molar-refractivity contribution in [2.45, 2.75) is 19.4 Å². The predicted octanol–water partition coefficient (Wildman–Crippen LogP) is 2.96. The van der Waals surface area contributed by atoms with Gasteiger partial charge in [0.15, 0.2) is 0 Å². The molecular formula is C14H16BrN3. The van der Waals surface area contributed by atoms with Gasteiger partial charge in [-0.15, -0.1) is 0 Å². The van der Waals surface area contributed by atoms with Gasteiger partial charge < -0.3 is 0 Å². The van der Waals surface area contributed by atoms with Crippen LogP contribution in [-0.2, 0) is 6.42 Å². The number of nitrogens with zero attached hydrogens (tertiary/aromatic N) is 1. The molecule has 18 heavy (non-hydrogen) atoms. The molecule has 94 valence electrons. The number of aromatic nitrogens is 1.